The Bertz CT molecular complexity index is 675. The minimum Gasteiger partial charge on any atom is -0.492 e. The number of carbonyl (C=O) groups excluding carboxylic acids is 2. The molecule has 0 saturated carbocycles. The summed E-state index contributed by atoms with van der Waals surface area (Å²) in [6.07, 6.45) is 3.72. The number of hydrogen-bond donors (Lipinski definition) is 0. The van der Waals surface area contributed by atoms with Crippen molar-refractivity contribution in [3.63, 3.8) is 0 Å². The molecule has 2 saturated heterocycles. The van der Waals surface area contributed by atoms with E-state index in [1.165, 1.54) is 0 Å². The van der Waals surface area contributed by atoms with Crippen molar-refractivity contribution in [2.75, 3.05) is 46.0 Å². The Balaban J connectivity index is 1.52. The Morgan fingerprint density at radius 2 is 1.69 bits per heavy atom. The van der Waals surface area contributed by atoms with Gasteiger partial charge in [-0.05, 0) is 43.7 Å². The molecule has 0 atom stereocenters. The van der Waals surface area contributed by atoms with Gasteiger partial charge in [-0.3, -0.25) is 9.59 Å². The number of carbonyl (C=O) groups is 2. The van der Waals surface area contributed by atoms with E-state index < -0.39 is 0 Å². The summed E-state index contributed by atoms with van der Waals surface area (Å²) >= 11 is 0. The first kappa shape index (κ1) is 21.6. The normalized spacial score (nSPS) is 18.2. The zero-order valence-electron chi connectivity index (χ0n) is 17.8. The SMILES string of the molecule is CCC(CC)C(=O)N1CCC(COc2ccccc2C(=O)N2CCOCC2)CC1. The van der Waals surface area contributed by atoms with Gasteiger partial charge in [-0.1, -0.05) is 26.0 Å². The van der Waals surface area contributed by atoms with Crippen molar-refractivity contribution in [2.45, 2.75) is 39.5 Å². The summed E-state index contributed by atoms with van der Waals surface area (Å²) < 4.78 is 11.4. The van der Waals surface area contributed by atoms with E-state index in [9.17, 15) is 9.59 Å². The highest BCUT2D eigenvalue weighted by molar-refractivity contribution is 5.97. The predicted molar refractivity (Wildman–Crippen MR) is 112 cm³/mol. The highest BCUT2D eigenvalue weighted by Crippen LogP contribution is 2.25. The fourth-order valence-corrected chi connectivity index (χ4v) is 4.13. The van der Waals surface area contributed by atoms with Crippen molar-refractivity contribution < 1.29 is 19.1 Å². The van der Waals surface area contributed by atoms with E-state index in [0.29, 0.717) is 56.0 Å². The van der Waals surface area contributed by atoms with E-state index in [0.717, 1.165) is 38.8 Å². The third-order valence-corrected chi connectivity index (χ3v) is 6.15. The van der Waals surface area contributed by atoms with Crippen LogP contribution < -0.4 is 4.74 Å². The summed E-state index contributed by atoms with van der Waals surface area (Å²) in [4.78, 5) is 29.3. The van der Waals surface area contributed by atoms with Gasteiger partial charge in [0.1, 0.15) is 5.75 Å². The molecule has 0 N–H and O–H groups in total. The molecule has 3 rings (SSSR count). The number of nitrogens with zero attached hydrogens (tertiary/aromatic N) is 2. The number of piperidine rings is 1. The lowest BCUT2D eigenvalue weighted by Crippen LogP contribution is -2.42. The Kier molecular flexibility index (Phi) is 7.92. The molecule has 0 unspecified atom stereocenters. The summed E-state index contributed by atoms with van der Waals surface area (Å²) in [5.74, 6) is 1.53. The lowest BCUT2D eigenvalue weighted by Gasteiger charge is -2.34. The van der Waals surface area contributed by atoms with E-state index in [1.54, 1.807) is 0 Å². The fourth-order valence-electron chi connectivity index (χ4n) is 4.13. The van der Waals surface area contributed by atoms with E-state index in [4.69, 9.17) is 9.47 Å². The second-order valence-corrected chi connectivity index (χ2v) is 7.99. The molecule has 2 fully saturated rings. The highest BCUT2D eigenvalue weighted by Gasteiger charge is 2.27. The summed E-state index contributed by atoms with van der Waals surface area (Å²) in [6, 6.07) is 7.49. The monoisotopic (exact) mass is 402 g/mol. The smallest absolute Gasteiger partial charge is 0.257 e. The molecule has 160 valence electrons. The van der Waals surface area contributed by atoms with Crippen molar-refractivity contribution >= 4 is 11.8 Å². The first-order chi connectivity index (χ1) is 14.1. The molecule has 0 bridgehead atoms. The van der Waals surface area contributed by atoms with Gasteiger partial charge < -0.3 is 19.3 Å². The Labute approximate surface area is 174 Å². The number of benzene rings is 1. The van der Waals surface area contributed by atoms with Crippen LogP contribution in [0.1, 0.15) is 49.9 Å². The number of amides is 2. The van der Waals surface area contributed by atoms with Crippen LogP contribution in [0.15, 0.2) is 24.3 Å². The van der Waals surface area contributed by atoms with Gasteiger partial charge in [0.2, 0.25) is 5.91 Å². The third kappa shape index (κ3) is 5.50. The molecule has 0 aliphatic carbocycles. The third-order valence-electron chi connectivity index (χ3n) is 6.15. The van der Waals surface area contributed by atoms with Crippen LogP contribution in [0.25, 0.3) is 0 Å². The van der Waals surface area contributed by atoms with Crippen LogP contribution in [-0.4, -0.2) is 67.6 Å². The zero-order chi connectivity index (χ0) is 20.6. The molecule has 2 amide bonds. The molecule has 0 radical (unpaired) electrons. The van der Waals surface area contributed by atoms with E-state index in [1.807, 2.05) is 34.1 Å². The molecule has 2 heterocycles. The molecule has 1 aromatic rings. The van der Waals surface area contributed by atoms with E-state index >= 15 is 0 Å². The largest absolute Gasteiger partial charge is 0.492 e. The van der Waals surface area contributed by atoms with Crippen LogP contribution in [0.4, 0.5) is 0 Å². The van der Waals surface area contributed by atoms with Gasteiger partial charge >= 0.3 is 0 Å². The van der Waals surface area contributed by atoms with Crippen LogP contribution in [0.3, 0.4) is 0 Å². The minimum absolute atomic E-state index is 0.00879. The average Bonchev–Trinajstić information content (AvgIpc) is 2.79. The van der Waals surface area contributed by atoms with Crippen molar-refractivity contribution in [1.82, 2.24) is 9.80 Å². The van der Waals surface area contributed by atoms with Gasteiger partial charge in [-0.25, -0.2) is 0 Å². The number of para-hydroxylation sites is 1. The first-order valence-electron chi connectivity index (χ1n) is 11.0. The van der Waals surface area contributed by atoms with Crippen LogP contribution in [0.2, 0.25) is 0 Å². The number of morpholine rings is 1. The molecule has 6 nitrogen and oxygen atoms in total. The maximum Gasteiger partial charge on any atom is 0.257 e. The fraction of sp³-hybridized carbons (Fsp3) is 0.652. The Morgan fingerprint density at radius 3 is 2.34 bits per heavy atom. The topological polar surface area (TPSA) is 59.1 Å². The van der Waals surface area contributed by atoms with Gasteiger partial charge in [0.15, 0.2) is 0 Å². The number of likely N-dealkylation sites (tertiary alicyclic amines) is 1. The summed E-state index contributed by atoms with van der Waals surface area (Å²) in [5.41, 5.74) is 0.621. The number of hydrogen-bond acceptors (Lipinski definition) is 4. The van der Waals surface area contributed by atoms with Gasteiger partial charge in [0.25, 0.3) is 5.91 Å². The second kappa shape index (κ2) is 10.6. The van der Waals surface area contributed by atoms with Crippen molar-refractivity contribution in [2.24, 2.45) is 11.8 Å². The maximum absolute atomic E-state index is 12.9. The zero-order valence-corrected chi connectivity index (χ0v) is 17.8. The van der Waals surface area contributed by atoms with E-state index in [2.05, 4.69) is 13.8 Å². The van der Waals surface area contributed by atoms with Gasteiger partial charge in [-0.15, -0.1) is 0 Å². The van der Waals surface area contributed by atoms with Crippen molar-refractivity contribution in [1.29, 1.82) is 0 Å². The van der Waals surface area contributed by atoms with Gasteiger partial charge in [0.05, 0.1) is 25.4 Å². The molecule has 0 spiro atoms. The number of rotatable bonds is 7. The van der Waals surface area contributed by atoms with E-state index in [-0.39, 0.29) is 11.8 Å². The molecular weight excluding hydrogens is 368 g/mol. The molecular formula is C23H34N2O4. The first-order valence-corrected chi connectivity index (χ1v) is 11.0. The lowest BCUT2D eigenvalue weighted by molar-refractivity contribution is -0.137. The van der Waals surface area contributed by atoms with Crippen molar-refractivity contribution in [3.8, 4) is 5.75 Å². The molecule has 2 aliphatic rings. The highest BCUT2D eigenvalue weighted by atomic mass is 16.5. The summed E-state index contributed by atoms with van der Waals surface area (Å²) in [6.45, 7) is 8.78. The molecule has 0 aromatic heterocycles. The van der Waals surface area contributed by atoms with Crippen LogP contribution in [0, 0.1) is 11.8 Å². The van der Waals surface area contributed by atoms with Crippen molar-refractivity contribution in [3.05, 3.63) is 29.8 Å². The standard InChI is InChI=1S/C23H34N2O4/c1-3-19(4-2)22(26)24-11-9-18(10-12-24)17-29-21-8-6-5-7-20(21)23(27)25-13-15-28-16-14-25/h5-8,18-19H,3-4,9-17H2,1-2H3. The molecule has 6 heteroatoms. The number of ether oxygens (including phenoxy) is 2. The van der Waals surface area contributed by atoms with Gasteiger partial charge in [-0.2, -0.15) is 0 Å². The molecule has 2 aliphatic heterocycles. The van der Waals surface area contributed by atoms with Crippen LogP contribution >= 0.6 is 0 Å². The second-order valence-electron chi connectivity index (χ2n) is 7.99. The molecule has 1 aromatic carbocycles. The predicted octanol–water partition coefficient (Wildman–Crippen LogP) is 3.21. The quantitative estimate of drug-likeness (QED) is 0.703. The molecule has 29 heavy (non-hydrogen) atoms. The Hall–Kier alpha value is -2.08. The summed E-state index contributed by atoms with van der Waals surface area (Å²) in [7, 11) is 0. The van der Waals surface area contributed by atoms with Crippen LogP contribution in [-0.2, 0) is 9.53 Å². The van der Waals surface area contributed by atoms with Crippen LogP contribution in [0.5, 0.6) is 5.75 Å². The van der Waals surface area contributed by atoms with Gasteiger partial charge in [0, 0.05) is 32.1 Å². The maximum atomic E-state index is 12.9. The lowest BCUT2D eigenvalue weighted by atomic mass is 9.95. The average molecular weight is 403 g/mol. The summed E-state index contributed by atoms with van der Waals surface area (Å²) in [5, 5.41) is 0. The Morgan fingerprint density at radius 1 is 1.03 bits per heavy atom. The minimum atomic E-state index is 0.00879.